The van der Waals surface area contributed by atoms with Crippen molar-refractivity contribution >= 4 is 0 Å². The number of hydrogen-bond donors (Lipinski definition) is 0. The van der Waals surface area contributed by atoms with Gasteiger partial charge in [-0.2, -0.15) is 5.26 Å². The lowest BCUT2D eigenvalue weighted by Crippen LogP contribution is -2.19. The SMILES string of the molecule is N#CCC(OCc1ccccc1)Oc1ccccc1. The molecule has 0 aromatic heterocycles. The maximum Gasteiger partial charge on any atom is 0.213 e. The predicted octanol–water partition coefficient (Wildman–Crippen LogP) is 3.52. The number of para-hydroxylation sites is 1. The lowest BCUT2D eigenvalue weighted by molar-refractivity contribution is -0.0853. The first kappa shape index (κ1) is 13.1. The average molecular weight is 253 g/mol. The molecule has 2 rings (SSSR count). The Labute approximate surface area is 113 Å². The second kappa shape index (κ2) is 7.20. The van der Waals surface area contributed by atoms with Crippen molar-refractivity contribution in [2.45, 2.75) is 19.3 Å². The first-order valence-electron chi connectivity index (χ1n) is 6.12. The normalized spacial score (nSPS) is 11.5. The molecule has 1 unspecified atom stereocenters. The van der Waals surface area contributed by atoms with E-state index in [2.05, 4.69) is 6.07 Å². The van der Waals surface area contributed by atoms with Crippen molar-refractivity contribution in [3.63, 3.8) is 0 Å². The summed E-state index contributed by atoms with van der Waals surface area (Å²) in [6.07, 6.45) is -0.352. The van der Waals surface area contributed by atoms with Crippen LogP contribution in [0.15, 0.2) is 60.7 Å². The van der Waals surface area contributed by atoms with Gasteiger partial charge in [0.1, 0.15) is 5.75 Å². The second-order valence-corrected chi connectivity index (χ2v) is 4.02. The molecule has 2 aromatic rings. The van der Waals surface area contributed by atoms with E-state index < -0.39 is 6.29 Å². The molecule has 0 fully saturated rings. The Hall–Kier alpha value is -2.31. The zero-order chi connectivity index (χ0) is 13.3. The molecular formula is C16H15NO2. The summed E-state index contributed by atoms with van der Waals surface area (Å²) < 4.78 is 11.3. The van der Waals surface area contributed by atoms with E-state index in [-0.39, 0.29) is 6.42 Å². The highest BCUT2D eigenvalue weighted by atomic mass is 16.7. The van der Waals surface area contributed by atoms with Gasteiger partial charge in [0.2, 0.25) is 6.29 Å². The summed E-state index contributed by atoms with van der Waals surface area (Å²) in [5.41, 5.74) is 1.06. The summed E-state index contributed by atoms with van der Waals surface area (Å²) in [4.78, 5) is 0. The van der Waals surface area contributed by atoms with Gasteiger partial charge in [-0.3, -0.25) is 0 Å². The van der Waals surface area contributed by atoms with Crippen molar-refractivity contribution in [3.8, 4) is 11.8 Å². The van der Waals surface area contributed by atoms with Crippen LogP contribution in [0.3, 0.4) is 0 Å². The summed E-state index contributed by atoms with van der Waals surface area (Å²) in [5, 5.41) is 8.80. The van der Waals surface area contributed by atoms with E-state index in [0.717, 1.165) is 5.56 Å². The van der Waals surface area contributed by atoms with Crippen LogP contribution in [0.2, 0.25) is 0 Å². The van der Waals surface area contributed by atoms with Crippen LogP contribution in [0.25, 0.3) is 0 Å². The van der Waals surface area contributed by atoms with Crippen molar-refractivity contribution in [2.24, 2.45) is 0 Å². The van der Waals surface area contributed by atoms with Crippen LogP contribution in [0.1, 0.15) is 12.0 Å². The zero-order valence-corrected chi connectivity index (χ0v) is 10.5. The average Bonchev–Trinajstić information content (AvgIpc) is 2.47. The van der Waals surface area contributed by atoms with E-state index in [1.54, 1.807) is 0 Å². The third-order valence-corrected chi connectivity index (χ3v) is 2.55. The number of nitrogens with zero attached hydrogens (tertiary/aromatic N) is 1. The first-order chi connectivity index (χ1) is 9.38. The van der Waals surface area contributed by atoms with Crippen molar-refractivity contribution < 1.29 is 9.47 Å². The molecule has 0 aliphatic heterocycles. The van der Waals surface area contributed by atoms with E-state index >= 15 is 0 Å². The summed E-state index contributed by atoms with van der Waals surface area (Å²) in [5.74, 6) is 0.704. The molecule has 3 heteroatoms. The molecule has 0 amide bonds. The van der Waals surface area contributed by atoms with Crippen molar-refractivity contribution in [3.05, 3.63) is 66.2 Å². The van der Waals surface area contributed by atoms with Crippen LogP contribution < -0.4 is 4.74 Å². The fraction of sp³-hybridized carbons (Fsp3) is 0.188. The van der Waals surface area contributed by atoms with Crippen LogP contribution in [-0.2, 0) is 11.3 Å². The summed E-state index contributed by atoms with van der Waals surface area (Å²) >= 11 is 0. The molecule has 0 radical (unpaired) electrons. The van der Waals surface area contributed by atoms with Crippen LogP contribution in [-0.4, -0.2) is 6.29 Å². The maximum atomic E-state index is 8.80. The number of hydrogen-bond acceptors (Lipinski definition) is 3. The quantitative estimate of drug-likeness (QED) is 0.740. The van der Waals surface area contributed by atoms with Gasteiger partial charge in [0.05, 0.1) is 19.1 Å². The van der Waals surface area contributed by atoms with Crippen molar-refractivity contribution in [2.75, 3.05) is 0 Å². The van der Waals surface area contributed by atoms with Gasteiger partial charge in [-0.25, -0.2) is 0 Å². The highest BCUT2D eigenvalue weighted by Crippen LogP contribution is 2.14. The Morgan fingerprint density at radius 2 is 1.58 bits per heavy atom. The molecule has 1 atom stereocenters. The fourth-order valence-corrected chi connectivity index (χ4v) is 1.62. The molecular weight excluding hydrogens is 238 g/mol. The standard InChI is InChI=1S/C16H15NO2/c17-12-11-16(19-15-9-5-2-6-10-15)18-13-14-7-3-1-4-8-14/h1-10,16H,11,13H2. The van der Waals surface area contributed by atoms with Crippen LogP contribution in [0, 0.1) is 11.3 Å². The van der Waals surface area contributed by atoms with E-state index in [0.29, 0.717) is 12.4 Å². The molecule has 0 spiro atoms. The third kappa shape index (κ3) is 4.46. The molecule has 96 valence electrons. The molecule has 0 saturated carbocycles. The molecule has 0 aliphatic carbocycles. The Morgan fingerprint density at radius 3 is 2.21 bits per heavy atom. The highest BCUT2D eigenvalue weighted by Gasteiger charge is 2.10. The smallest absolute Gasteiger partial charge is 0.213 e. The van der Waals surface area contributed by atoms with E-state index in [9.17, 15) is 0 Å². The van der Waals surface area contributed by atoms with Crippen molar-refractivity contribution in [1.82, 2.24) is 0 Å². The number of rotatable bonds is 6. The van der Waals surface area contributed by atoms with Gasteiger partial charge in [-0.1, -0.05) is 48.5 Å². The lowest BCUT2D eigenvalue weighted by Gasteiger charge is -2.17. The van der Waals surface area contributed by atoms with E-state index in [4.69, 9.17) is 14.7 Å². The molecule has 0 N–H and O–H groups in total. The largest absolute Gasteiger partial charge is 0.464 e. The number of benzene rings is 2. The van der Waals surface area contributed by atoms with Gasteiger partial charge in [0.25, 0.3) is 0 Å². The minimum Gasteiger partial charge on any atom is -0.464 e. The number of ether oxygens (including phenoxy) is 2. The third-order valence-electron chi connectivity index (χ3n) is 2.55. The Bertz CT molecular complexity index is 519. The highest BCUT2D eigenvalue weighted by molar-refractivity contribution is 5.21. The summed E-state index contributed by atoms with van der Waals surface area (Å²) in [7, 11) is 0. The van der Waals surface area contributed by atoms with Gasteiger partial charge in [0.15, 0.2) is 0 Å². The van der Waals surface area contributed by atoms with Crippen molar-refractivity contribution in [1.29, 1.82) is 5.26 Å². The lowest BCUT2D eigenvalue weighted by atomic mass is 10.2. The molecule has 0 saturated heterocycles. The van der Waals surface area contributed by atoms with Crippen LogP contribution in [0.5, 0.6) is 5.75 Å². The second-order valence-electron chi connectivity index (χ2n) is 4.02. The molecule has 0 bridgehead atoms. The van der Waals surface area contributed by atoms with E-state index in [1.165, 1.54) is 0 Å². The van der Waals surface area contributed by atoms with Gasteiger partial charge < -0.3 is 9.47 Å². The Balaban J connectivity index is 1.91. The van der Waals surface area contributed by atoms with Gasteiger partial charge >= 0.3 is 0 Å². The monoisotopic (exact) mass is 253 g/mol. The molecule has 2 aromatic carbocycles. The van der Waals surface area contributed by atoms with E-state index in [1.807, 2.05) is 60.7 Å². The topological polar surface area (TPSA) is 42.2 Å². The maximum absolute atomic E-state index is 8.80. The first-order valence-corrected chi connectivity index (χ1v) is 6.12. The molecule has 0 heterocycles. The fourth-order valence-electron chi connectivity index (χ4n) is 1.62. The molecule has 3 nitrogen and oxygen atoms in total. The Kier molecular flexibility index (Phi) is 4.97. The zero-order valence-electron chi connectivity index (χ0n) is 10.5. The summed E-state index contributed by atoms with van der Waals surface area (Å²) in [6.45, 7) is 0.431. The van der Waals surface area contributed by atoms with Gasteiger partial charge in [-0.15, -0.1) is 0 Å². The van der Waals surface area contributed by atoms with Gasteiger partial charge in [-0.05, 0) is 17.7 Å². The summed E-state index contributed by atoms with van der Waals surface area (Å²) in [6, 6.07) is 21.3. The minimum absolute atomic E-state index is 0.196. The van der Waals surface area contributed by atoms with Gasteiger partial charge in [0, 0.05) is 0 Å². The predicted molar refractivity (Wildman–Crippen MR) is 72.3 cm³/mol. The Morgan fingerprint density at radius 1 is 0.947 bits per heavy atom. The number of nitriles is 1. The molecule has 0 aliphatic rings. The molecule has 19 heavy (non-hydrogen) atoms. The van der Waals surface area contributed by atoms with Crippen LogP contribution in [0.4, 0.5) is 0 Å². The van der Waals surface area contributed by atoms with Crippen LogP contribution >= 0.6 is 0 Å². The minimum atomic E-state index is -0.549.